The predicted octanol–water partition coefficient (Wildman–Crippen LogP) is 1.97. The van der Waals surface area contributed by atoms with Crippen molar-refractivity contribution >= 4 is 17.5 Å². The topological polar surface area (TPSA) is 56.2 Å². The van der Waals surface area contributed by atoms with Crippen LogP contribution < -0.4 is 10.1 Å². The number of nitrogens with one attached hydrogen (secondary N) is 1. The normalized spacial score (nSPS) is 22.6. The number of hydrogen-bond acceptors (Lipinski definition) is 3. The minimum absolute atomic E-state index is 0.0547. The Bertz CT molecular complexity index is 728. The van der Waals surface area contributed by atoms with Crippen LogP contribution in [0.3, 0.4) is 0 Å². The van der Waals surface area contributed by atoms with E-state index >= 15 is 0 Å². The summed E-state index contributed by atoms with van der Waals surface area (Å²) in [4.78, 5) is 16.7. The van der Waals surface area contributed by atoms with Crippen molar-refractivity contribution in [3.05, 3.63) is 47.0 Å². The second kappa shape index (κ2) is 5.32. The second-order valence-electron chi connectivity index (χ2n) is 5.80. The highest BCUT2D eigenvalue weighted by Gasteiger charge is 2.31. The van der Waals surface area contributed by atoms with Crippen LogP contribution in [0.15, 0.2) is 30.6 Å². The van der Waals surface area contributed by atoms with E-state index in [-0.39, 0.29) is 11.9 Å². The highest BCUT2D eigenvalue weighted by Crippen LogP contribution is 2.31. The van der Waals surface area contributed by atoms with Crippen LogP contribution in [0.25, 0.3) is 0 Å². The lowest BCUT2D eigenvalue weighted by Crippen LogP contribution is -2.46. The van der Waals surface area contributed by atoms with Gasteiger partial charge in [-0.3, -0.25) is 4.79 Å². The molecule has 2 aromatic rings. The SMILES string of the molecule is O=C(N[C@H]1CCc2nccn2C1)[C@H]1Cc2cc(Cl)ccc2O1. The van der Waals surface area contributed by atoms with E-state index in [0.717, 1.165) is 36.5 Å². The van der Waals surface area contributed by atoms with Crippen LogP contribution in [-0.2, 0) is 24.2 Å². The number of carbonyl (C=O) groups is 1. The maximum absolute atomic E-state index is 12.4. The van der Waals surface area contributed by atoms with E-state index in [9.17, 15) is 4.79 Å². The Balaban J connectivity index is 1.40. The van der Waals surface area contributed by atoms with Gasteiger partial charge in [-0.25, -0.2) is 4.98 Å². The molecule has 4 rings (SSSR count). The first-order valence-electron chi connectivity index (χ1n) is 7.44. The summed E-state index contributed by atoms with van der Waals surface area (Å²) in [7, 11) is 0. The van der Waals surface area contributed by atoms with Crippen molar-refractivity contribution in [3.8, 4) is 5.75 Å². The largest absolute Gasteiger partial charge is 0.480 e. The smallest absolute Gasteiger partial charge is 0.261 e. The minimum Gasteiger partial charge on any atom is -0.480 e. The number of halogens is 1. The number of carbonyl (C=O) groups excluding carboxylic acids is 1. The Hall–Kier alpha value is -2.01. The quantitative estimate of drug-likeness (QED) is 0.921. The highest BCUT2D eigenvalue weighted by atomic mass is 35.5. The van der Waals surface area contributed by atoms with Gasteiger partial charge in [0.05, 0.1) is 0 Å². The standard InChI is InChI=1S/C16H16ClN3O2/c17-11-1-3-13-10(7-11)8-14(22-13)16(21)19-12-2-4-15-18-5-6-20(15)9-12/h1,3,5-7,12,14H,2,4,8-9H2,(H,19,21)/t12-,14+/m0/s1. The van der Waals surface area contributed by atoms with Gasteiger partial charge in [-0.05, 0) is 30.2 Å². The molecule has 1 aromatic carbocycles. The monoisotopic (exact) mass is 317 g/mol. The van der Waals surface area contributed by atoms with Crippen LogP contribution in [0.5, 0.6) is 5.75 Å². The number of imidazole rings is 1. The fraction of sp³-hybridized carbons (Fsp3) is 0.375. The molecule has 2 aliphatic rings. The van der Waals surface area contributed by atoms with Crippen LogP contribution in [0.2, 0.25) is 5.02 Å². The fourth-order valence-corrected chi connectivity index (χ4v) is 3.34. The summed E-state index contributed by atoms with van der Waals surface area (Å²) in [5.41, 5.74) is 0.994. The molecule has 1 amide bonds. The van der Waals surface area contributed by atoms with Crippen molar-refractivity contribution in [3.63, 3.8) is 0 Å². The van der Waals surface area contributed by atoms with Crippen molar-refractivity contribution in [2.45, 2.75) is 38.0 Å². The number of benzene rings is 1. The molecule has 1 aromatic heterocycles. The molecule has 1 N–H and O–H groups in total. The molecule has 2 atom stereocenters. The number of aryl methyl sites for hydroxylation is 1. The Kier molecular flexibility index (Phi) is 3.30. The number of aromatic nitrogens is 2. The van der Waals surface area contributed by atoms with E-state index in [4.69, 9.17) is 16.3 Å². The van der Waals surface area contributed by atoms with Gasteiger partial charge >= 0.3 is 0 Å². The number of amides is 1. The van der Waals surface area contributed by atoms with Crippen molar-refractivity contribution in [2.24, 2.45) is 0 Å². The van der Waals surface area contributed by atoms with E-state index in [2.05, 4.69) is 14.9 Å². The molecule has 0 fully saturated rings. The van der Waals surface area contributed by atoms with Gasteiger partial charge in [0.2, 0.25) is 0 Å². The van der Waals surface area contributed by atoms with Crippen LogP contribution in [0.4, 0.5) is 0 Å². The number of nitrogens with zero attached hydrogens (tertiary/aromatic N) is 2. The average molecular weight is 318 g/mol. The summed E-state index contributed by atoms with van der Waals surface area (Å²) in [5, 5.41) is 3.77. The van der Waals surface area contributed by atoms with Gasteiger partial charge in [0.25, 0.3) is 5.91 Å². The van der Waals surface area contributed by atoms with Crippen molar-refractivity contribution in [1.82, 2.24) is 14.9 Å². The van der Waals surface area contributed by atoms with E-state index in [1.807, 2.05) is 18.3 Å². The van der Waals surface area contributed by atoms with Crippen molar-refractivity contribution in [2.75, 3.05) is 0 Å². The molecule has 0 unspecified atom stereocenters. The number of rotatable bonds is 2. The van der Waals surface area contributed by atoms with Crippen LogP contribution in [0.1, 0.15) is 17.8 Å². The summed E-state index contributed by atoms with van der Waals surface area (Å²) in [6.45, 7) is 0.770. The van der Waals surface area contributed by atoms with Gasteiger partial charge in [0.15, 0.2) is 6.10 Å². The van der Waals surface area contributed by atoms with Crippen LogP contribution in [-0.4, -0.2) is 27.6 Å². The number of fused-ring (bicyclic) bond motifs is 2. The molecule has 5 nitrogen and oxygen atoms in total. The fourth-order valence-electron chi connectivity index (χ4n) is 3.14. The molecule has 3 heterocycles. The molecular weight excluding hydrogens is 302 g/mol. The van der Waals surface area contributed by atoms with Gasteiger partial charge < -0.3 is 14.6 Å². The molecule has 0 saturated carbocycles. The molecule has 114 valence electrons. The molecule has 2 aliphatic heterocycles. The molecule has 22 heavy (non-hydrogen) atoms. The molecule has 6 heteroatoms. The first kappa shape index (κ1) is 13.6. The Morgan fingerprint density at radius 3 is 3.27 bits per heavy atom. The summed E-state index contributed by atoms with van der Waals surface area (Å²) < 4.78 is 7.83. The zero-order valence-corrected chi connectivity index (χ0v) is 12.7. The molecule has 0 bridgehead atoms. The van der Waals surface area contributed by atoms with E-state index in [1.54, 1.807) is 12.3 Å². The van der Waals surface area contributed by atoms with Gasteiger partial charge in [0.1, 0.15) is 11.6 Å². The number of ether oxygens (including phenoxy) is 1. The Morgan fingerprint density at radius 1 is 1.45 bits per heavy atom. The lowest BCUT2D eigenvalue weighted by atomic mass is 10.1. The van der Waals surface area contributed by atoms with Crippen LogP contribution >= 0.6 is 11.6 Å². The molecular formula is C16H16ClN3O2. The maximum atomic E-state index is 12.4. The number of hydrogen-bond donors (Lipinski definition) is 1. The third-order valence-electron chi connectivity index (χ3n) is 4.27. The van der Waals surface area contributed by atoms with E-state index in [1.165, 1.54) is 0 Å². The van der Waals surface area contributed by atoms with Gasteiger partial charge in [-0.15, -0.1) is 0 Å². The first-order valence-corrected chi connectivity index (χ1v) is 7.82. The van der Waals surface area contributed by atoms with E-state index in [0.29, 0.717) is 11.4 Å². The highest BCUT2D eigenvalue weighted by molar-refractivity contribution is 6.30. The Morgan fingerprint density at radius 2 is 2.36 bits per heavy atom. The van der Waals surface area contributed by atoms with E-state index < -0.39 is 6.10 Å². The summed E-state index contributed by atoms with van der Waals surface area (Å²) in [5.74, 6) is 1.79. The van der Waals surface area contributed by atoms with Crippen LogP contribution in [0, 0.1) is 0 Å². The van der Waals surface area contributed by atoms with Gasteiger partial charge in [0, 0.05) is 42.8 Å². The molecule has 0 spiro atoms. The minimum atomic E-state index is -0.461. The lowest BCUT2D eigenvalue weighted by molar-refractivity contribution is -0.128. The third-order valence-corrected chi connectivity index (χ3v) is 4.51. The second-order valence-corrected chi connectivity index (χ2v) is 6.24. The van der Waals surface area contributed by atoms with Crippen molar-refractivity contribution in [1.29, 1.82) is 0 Å². The summed E-state index contributed by atoms with van der Waals surface area (Å²) >= 11 is 5.98. The Labute approximate surface area is 133 Å². The van der Waals surface area contributed by atoms with Crippen molar-refractivity contribution < 1.29 is 9.53 Å². The van der Waals surface area contributed by atoms with Gasteiger partial charge in [-0.2, -0.15) is 0 Å². The first-order chi connectivity index (χ1) is 10.7. The molecule has 0 radical (unpaired) electrons. The summed E-state index contributed by atoms with van der Waals surface area (Å²) in [6.07, 6.45) is 5.67. The zero-order chi connectivity index (χ0) is 15.1. The average Bonchev–Trinajstić information content (AvgIpc) is 3.12. The zero-order valence-electron chi connectivity index (χ0n) is 12.0. The lowest BCUT2D eigenvalue weighted by Gasteiger charge is -2.25. The summed E-state index contributed by atoms with van der Waals surface area (Å²) in [6, 6.07) is 5.60. The third kappa shape index (κ3) is 2.46. The molecule has 0 saturated heterocycles. The van der Waals surface area contributed by atoms with Gasteiger partial charge in [-0.1, -0.05) is 11.6 Å². The predicted molar refractivity (Wildman–Crippen MR) is 82.1 cm³/mol. The maximum Gasteiger partial charge on any atom is 0.261 e. The molecule has 0 aliphatic carbocycles.